The number of methoxy groups -OCH3 is 1. The summed E-state index contributed by atoms with van der Waals surface area (Å²) in [5.74, 6) is 1.35. The van der Waals surface area contributed by atoms with Crippen molar-refractivity contribution in [1.82, 2.24) is 4.90 Å². The third kappa shape index (κ3) is 5.14. The molecule has 152 valence electrons. The van der Waals surface area contributed by atoms with Gasteiger partial charge in [0.1, 0.15) is 11.5 Å². The Morgan fingerprint density at radius 1 is 1.17 bits per heavy atom. The molecule has 7 heteroatoms. The van der Waals surface area contributed by atoms with Crippen LogP contribution < -0.4 is 9.47 Å². The van der Waals surface area contributed by atoms with Gasteiger partial charge in [0.25, 0.3) is 5.91 Å². The van der Waals surface area contributed by atoms with Gasteiger partial charge in [0, 0.05) is 6.54 Å². The number of amidine groups is 1. The average molecular weight is 431 g/mol. The lowest BCUT2D eigenvalue weighted by Gasteiger charge is -2.14. The first kappa shape index (κ1) is 21.3. The zero-order chi connectivity index (χ0) is 20.8. The van der Waals surface area contributed by atoms with E-state index in [2.05, 4.69) is 4.99 Å². The topological polar surface area (TPSA) is 51.1 Å². The van der Waals surface area contributed by atoms with Crippen molar-refractivity contribution in [3.8, 4) is 11.5 Å². The first-order valence-corrected chi connectivity index (χ1v) is 10.6. The molecule has 0 aliphatic carbocycles. The Bertz CT molecular complexity index is 942. The molecular formula is C22H23ClN2O3S. The molecule has 1 saturated heterocycles. The Balaban J connectivity index is 1.88. The monoisotopic (exact) mass is 430 g/mol. The molecule has 0 spiro atoms. The van der Waals surface area contributed by atoms with Crippen molar-refractivity contribution in [1.29, 1.82) is 0 Å². The van der Waals surface area contributed by atoms with Gasteiger partial charge in [-0.15, -0.1) is 0 Å². The second-order valence-electron chi connectivity index (χ2n) is 6.28. The lowest BCUT2D eigenvalue weighted by Crippen LogP contribution is -2.29. The maximum atomic E-state index is 12.9. The lowest BCUT2D eigenvalue weighted by molar-refractivity contribution is -0.122. The van der Waals surface area contributed by atoms with E-state index in [1.54, 1.807) is 24.1 Å². The minimum atomic E-state index is -0.0477. The fourth-order valence-electron chi connectivity index (χ4n) is 2.83. The minimum absolute atomic E-state index is 0.0477. The molecule has 3 rings (SSSR count). The van der Waals surface area contributed by atoms with Crippen molar-refractivity contribution >= 4 is 46.2 Å². The Morgan fingerprint density at radius 2 is 1.93 bits per heavy atom. The van der Waals surface area contributed by atoms with Crippen molar-refractivity contribution in [3.63, 3.8) is 0 Å². The standard InChI is InChI=1S/C22H23ClN2O3S/c1-4-12-25-21(26)20(14-15-6-11-19(27-3)18(23)13-15)29-22(25)24-16-7-9-17(10-8-16)28-5-2/h6-11,13-14H,4-5,12H2,1-3H3/b20-14+,24-22?. The van der Waals surface area contributed by atoms with E-state index in [1.807, 2.05) is 50.3 Å². The van der Waals surface area contributed by atoms with Gasteiger partial charge in [0.05, 0.1) is 29.3 Å². The van der Waals surface area contributed by atoms with E-state index < -0.39 is 0 Å². The number of nitrogens with zero attached hydrogens (tertiary/aromatic N) is 2. The maximum absolute atomic E-state index is 12.9. The number of carbonyl (C=O) groups is 1. The van der Waals surface area contributed by atoms with E-state index in [0.29, 0.717) is 34.0 Å². The Kier molecular flexibility index (Phi) is 7.23. The van der Waals surface area contributed by atoms with Crippen LogP contribution in [0.4, 0.5) is 5.69 Å². The summed E-state index contributed by atoms with van der Waals surface area (Å²) in [4.78, 5) is 20.0. The van der Waals surface area contributed by atoms with Gasteiger partial charge in [-0.1, -0.05) is 24.6 Å². The average Bonchev–Trinajstić information content (AvgIpc) is 2.99. The van der Waals surface area contributed by atoms with Crippen molar-refractivity contribution in [2.75, 3.05) is 20.3 Å². The third-order valence-corrected chi connectivity index (χ3v) is 5.48. The molecule has 29 heavy (non-hydrogen) atoms. The summed E-state index contributed by atoms with van der Waals surface area (Å²) in [7, 11) is 1.57. The summed E-state index contributed by atoms with van der Waals surface area (Å²) in [6.45, 7) is 5.22. The van der Waals surface area contributed by atoms with Gasteiger partial charge in [-0.05, 0) is 73.1 Å². The fourth-order valence-corrected chi connectivity index (χ4v) is 4.12. The van der Waals surface area contributed by atoms with E-state index in [-0.39, 0.29) is 5.91 Å². The van der Waals surface area contributed by atoms with Crippen molar-refractivity contribution in [3.05, 3.63) is 58.0 Å². The molecule has 2 aromatic rings. The molecule has 1 amide bonds. The highest BCUT2D eigenvalue weighted by molar-refractivity contribution is 8.18. The number of thioether (sulfide) groups is 1. The first-order chi connectivity index (χ1) is 14.0. The Hall–Kier alpha value is -2.44. The zero-order valence-electron chi connectivity index (χ0n) is 16.6. The van der Waals surface area contributed by atoms with Gasteiger partial charge in [0.15, 0.2) is 5.17 Å². The Labute approximate surface area is 180 Å². The van der Waals surface area contributed by atoms with Gasteiger partial charge in [-0.2, -0.15) is 0 Å². The first-order valence-electron chi connectivity index (χ1n) is 9.42. The SMILES string of the molecule is CCCN1C(=O)/C(=C\c2ccc(OC)c(Cl)c2)SC1=Nc1ccc(OCC)cc1. The van der Waals surface area contributed by atoms with Crippen LogP contribution in [0, 0.1) is 0 Å². The van der Waals surface area contributed by atoms with Crippen LogP contribution in [0.1, 0.15) is 25.8 Å². The lowest BCUT2D eigenvalue weighted by atomic mass is 10.2. The predicted molar refractivity (Wildman–Crippen MR) is 120 cm³/mol. The van der Waals surface area contributed by atoms with Gasteiger partial charge < -0.3 is 9.47 Å². The quantitative estimate of drug-likeness (QED) is 0.524. The molecule has 5 nitrogen and oxygen atoms in total. The number of ether oxygens (including phenoxy) is 2. The van der Waals surface area contributed by atoms with Crippen LogP contribution in [0.15, 0.2) is 52.4 Å². The molecular weight excluding hydrogens is 408 g/mol. The van der Waals surface area contributed by atoms with E-state index in [4.69, 9.17) is 21.1 Å². The molecule has 0 saturated carbocycles. The number of rotatable bonds is 7. The molecule has 0 atom stereocenters. The normalized spacial score (nSPS) is 16.7. The minimum Gasteiger partial charge on any atom is -0.495 e. The molecule has 1 heterocycles. The van der Waals surface area contributed by atoms with Crippen LogP contribution in [0.2, 0.25) is 5.02 Å². The zero-order valence-corrected chi connectivity index (χ0v) is 18.2. The smallest absolute Gasteiger partial charge is 0.266 e. The number of halogens is 1. The number of carbonyl (C=O) groups excluding carboxylic acids is 1. The van der Waals surface area contributed by atoms with Crippen molar-refractivity contribution in [2.24, 2.45) is 4.99 Å². The van der Waals surface area contributed by atoms with E-state index in [9.17, 15) is 4.79 Å². The fraction of sp³-hybridized carbons (Fsp3) is 0.273. The van der Waals surface area contributed by atoms with Gasteiger partial charge >= 0.3 is 0 Å². The molecule has 0 aromatic heterocycles. The van der Waals surface area contributed by atoms with Crippen LogP contribution in [0.5, 0.6) is 11.5 Å². The summed E-state index contributed by atoms with van der Waals surface area (Å²) in [5.41, 5.74) is 1.61. The summed E-state index contributed by atoms with van der Waals surface area (Å²) >= 11 is 7.58. The third-order valence-electron chi connectivity index (χ3n) is 4.18. The summed E-state index contributed by atoms with van der Waals surface area (Å²) in [6.07, 6.45) is 2.68. The molecule has 1 fully saturated rings. The summed E-state index contributed by atoms with van der Waals surface area (Å²) in [5, 5.41) is 1.18. The highest BCUT2D eigenvalue weighted by Gasteiger charge is 2.32. The molecule has 0 unspecified atom stereocenters. The van der Waals surface area contributed by atoms with Crippen LogP contribution in [0.3, 0.4) is 0 Å². The molecule has 0 radical (unpaired) electrons. The van der Waals surface area contributed by atoms with Crippen molar-refractivity contribution < 1.29 is 14.3 Å². The van der Waals surface area contributed by atoms with E-state index in [0.717, 1.165) is 23.4 Å². The largest absolute Gasteiger partial charge is 0.495 e. The van der Waals surface area contributed by atoms with Gasteiger partial charge in [0.2, 0.25) is 0 Å². The van der Waals surface area contributed by atoms with E-state index in [1.165, 1.54) is 11.8 Å². The van der Waals surface area contributed by atoms with Gasteiger partial charge in [-0.3, -0.25) is 9.69 Å². The molecule has 0 N–H and O–H groups in total. The summed E-state index contributed by atoms with van der Waals surface area (Å²) in [6, 6.07) is 13.0. The number of benzene rings is 2. The maximum Gasteiger partial charge on any atom is 0.266 e. The van der Waals surface area contributed by atoms with Gasteiger partial charge in [-0.25, -0.2) is 4.99 Å². The Morgan fingerprint density at radius 3 is 2.55 bits per heavy atom. The second-order valence-corrected chi connectivity index (χ2v) is 7.70. The number of amides is 1. The second kappa shape index (κ2) is 9.85. The van der Waals surface area contributed by atoms with Crippen LogP contribution in [-0.2, 0) is 4.79 Å². The van der Waals surface area contributed by atoms with E-state index >= 15 is 0 Å². The molecule has 2 aromatic carbocycles. The molecule has 0 bridgehead atoms. The highest BCUT2D eigenvalue weighted by atomic mass is 35.5. The number of hydrogen-bond donors (Lipinski definition) is 0. The van der Waals surface area contributed by atoms with Crippen LogP contribution in [0.25, 0.3) is 6.08 Å². The van der Waals surface area contributed by atoms with Crippen molar-refractivity contribution in [2.45, 2.75) is 20.3 Å². The predicted octanol–water partition coefficient (Wildman–Crippen LogP) is 5.76. The summed E-state index contributed by atoms with van der Waals surface area (Å²) < 4.78 is 10.7. The molecule has 1 aliphatic heterocycles. The van der Waals surface area contributed by atoms with Crippen LogP contribution in [-0.4, -0.2) is 36.2 Å². The highest BCUT2D eigenvalue weighted by Crippen LogP contribution is 2.35. The van der Waals surface area contributed by atoms with Crippen LogP contribution >= 0.6 is 23.4 Å². The molecule has 1 aliphatic rings. The number of hydrogen-bond acceptors (Lipinski definition) is 5. The number of aliphatic imine (C=N–C) groups is 1.